The highest BCUT2D eigenvalue weighted by molar-refractivity contribution is 6.36. The van der Waals surface area contributed by atoms with E-state index in [4.69, 9.17) is 28.9 Å². The molecule has 1 heterocycles. The lowest BCUT2D eigenvalue weighted by molar-refractivity contribution is 0.720. The van der Waals surface area contributed by atoms with Gasteiger partial charge in [0.1, 0.15) is 5.82 Å². The second kappa shape index (κ2) is 6.83. The van der Waals surface area contributed by atoms with E-state index < -0.39 is 0 Å². The summed E-state index contributed by atoms with van der Waals surface area (Å²) in [6, 6.07) is 10.5. The minimum Gasteiger partial charge on any atom is -0.397 e. The van der Waals surface area contributed by atoms with Crippen molar-refractivity contribution >= 4 is 39.8 Å². The lowest BCUT2D eigenvalue weighted by Gasteiger charge is -2.15. The van der Waals surface area contributed by atoms with Crippen molar-refractivity contribution in [3.05, 3.63) is 62.6 Å². The van der Waals surface area contributed by atoms with Crippen LogP contribution in [-0.2, 0) is 6.42 Å². The van der Waals surface area contributed by atoms with Crippen molar-refractivity contribution in [3.63, 3.8) is 0 Å². The molecule has 0 saturated heterocycles. The van der Waals surface area contributed by atoms with E-state index in [2.05, 4.69) is 11.9 Å². The Bertz CT molecular complexity index is 966. The van der Waals surface area contributed by atoms with Crippen molar-refractivity contribution in [3.8, 4) is 5.69 Å². The van der Waals surface area contributed by atoms with Gasteiger partial charge in [0, 0.05) is 6.42 Å². The summed E-state index contributed by atoms with van der Waals surface area (Å²) in [6.07, 6.45) is 2.60. The molecule has 0 aliphatic carbocycles. The number of hydrogen-bond donors (Lipinski definition) is 1. The van der Waals surface area contributed by atoms with Gasteiger partial charge in [-0.15, -0.1) is 0 Å². The Hall–Kier alpha value is -2.04. The van der Waals surface area contributed by atoms with E-state index in [-0.39, 0.29) is 5.56 Å². The van der Waals surface area contributed by atoms with Gasteiger partial charge >= 0.3 is 0 Å². The highest BCUT2D eigenvalue weighted by Gasteiger charge is 2.16. The Balaban J connectivity index is 2.35. The molecule has 3 rings (SSSR count). The number of nitrogens with zero attached hydrogens (tertiary/aromatic N) is 2. The van der Waals surface area contributed by atoms with Gasteiger partial charge in [0.05, 0.1) is 32.3 Å². The molecule has 0 bridgehead atoms. The van der Waals surface area contributed by atoms with Gasteiger partial charge in [-0.2, -0.15) is 0 Å². The highest BCUT2D eigenvalue weighted by Crippen LogP contribution is 2.30. The molecule has 0 fully saturated rings. The third-order valence-corrected chi connectivity index (χ3v) is 4.54. The lowest BCUT2D eigenvalue weighted by Crippen LogP contribution is -2.24. The summed E-state index contributed by atoms with van der Waals surface area (Å²) >= 11 is 12.5. The first kappa shape index (κ1) is 16.8. The molecule has 2 aromatic carbocycles. The van der Waals surface area contributed by atoms with Gasteiger partial charge in [0.25, 0.3) is 5.56 Å². The Morgan fingerprint density at radius 3 is 2.67 bits per heavy atom. The third-order valence-electron chi connectivity index (χ3n) is 3.91. The minimum absolute atomic E-state index is 0.158. The zero-order valence-electron chi connectivity index (χ0n) is 13.2. The van der Waals surface area contributed by atoms with Crippen LogP contribution in [0.2, 0.25) is 10.0 Å². The summed E-state index contributed by atoms with van der Waals surface area (Å²) in [7, 11) is 0. The number of nitrogen functional groups attached to an aromatic ring is 1. The summed E-state index contributed by atoms with van der Waals surface area (Å²) in [5.74, 6) is 0.670. The molecule has 2 N–H and O–H groups in total. The summed E-state index contributed by atoms with van der Waals surface area (Å²) in [5, 5.41) is 1.27. The van der Waals surface area contributed by atoms with Gasteiger partial charge in [-0.25, -0.2) is 4.98 Å². The SMILES string of the molecule is CCCCc1nc2ccccc2c(=O)n1-c1cc(Cl)c(N)cc1Cl. The number of unbranched alkanes of at least 4 members (excludes halogenated alkanes) is 1. The number of benzene rings is 2. The van der Waals surface area contributed by atoms with Crippen LogP contribution in [-0.4, -0.2) is 9.55 Å². The number of aromatic nitrogens is 2. The lowest BCUT2D eigenvalue weighted by atomic mass is 10.2. The molecule has 124 valence electrons. The largest absolute Gasteiger partial charge is 0.397 e. The number of halogens is 2. The molecule has 0 spiro atoms. The van der Waals surface area contributed by atoms with Crippen LogP contribution in [0.15, 0.2) is 41.2 Å². The topological polar surface area (TPSA) is 60.9 Å². The second-order valence-electron chi connectivity index (χ2n) is 5.61. The predicted octanol–water partition coefficient (Wildman–Crippen LogP) is 4.62. The van der Waals surface area contributed by atoms with E-state index in [0.717, 1.165) is 12.8 Å². The van der Waals surface area contributed by atoms with E-state index >= 15 is 0 Å². The zero-order chi connectivity index (χ0) is 17.3. The molecule has 0 atom stereocenters. The highest BCUT2D eigenvalue weighted by atomic mass is 35.5. The molecule has 0 saturated carbocycles. The maximum absolute atomic E-state index is 13.1. The monoisotopic (exact) mass is 361 g/mol. The number of nitrogens with two attached hydrogens (primary N) is 1. The van der Waals surface area contributed by atoms with Crippen molar-refractivity contribution in [1.29, 1.82) is 0 Å². The fraction of sp³-hybridized carbons (Fsp3) is 0.222. The third kappa shape index (κ3) is 2.99. The van der Waals surface area contributed by atoms with Crippen molar-refractivity contribution in [2.45, 2.75) is 26.2 Å². The van der Waals surface area contributed by atoms with Gasteiger partial charge < -0.3 is 5.73 Å². The Labute approximate surface area is 149 Å². The molecule has 4 nitrogen and oxygen atoms in total. The van der Waals surface area contributed by atoms with Gasteiger partial charge in [-0.1, -0.05) is 48.7 Å². The molecule has 3 aromatic rings. The second-order valence-corrected chi connectivity index (χ2v) is 6.43. The van der Waals surface area contributed by atoms with Crippen LogP contribution in [0, 0.1) is 0 Å². The maximum Gasteiger partial charge on any atom is 0.266 e. The summed E-state index contributed by atoms with van der Waals surface area (Å²) in [4.78, 5) is 17.7. The molecular formula is C18H17Cl2N3O. The van der Waals surface area contributed by atoms with Crippen LogP contribution < -0.4 is 11.3 Å². The number of rotatable bonds is 4. The maximum atomic E-state index is 13.1. The van der Waals surface area contributed by atoms with E-state index in [0.29, 0.717) is 44.6 Å². The first-order chi connectivity index (χ1) is 11.5. The molecule has 0 radical (unpaired) electrons. The van der Waals surface area contributed by atoms with Crippen molar-refractivity contribution in [2.24, 2.45) is 0 Å². The molecule has 24 heavy (non-hydrogen) atoms. The zero-order valence-corrected chi connectivity index (χ0v) is 14.7. The fourth-order valence-electron chi connectivity index (χ4n) is 2.65. The molecule has 1 aromatic heterocycles. The predicted molar refractivity (Wildman–Crippen MR) is 100 cm³/mol. The van der Waals surface area contributed by atoms with Crippen molar-refractivity contribution in [2.75, 3.05) is 5.73 Å². The number of aryl methyl sites for hydroxylation is 1. The van der Waals surface area contributed by atoms with E-state index in [1.54, 1.807) is 22.8 Å². The van der Waals surface area contributed by atoms with Crippen LogP contribution in [0.4, 0.5) is 5.69 Å². The van der Waals surface area contributed by atoms with E-state index in [1.165, 1.54) is 0 Å². The van der Waals surface area contributed by atoms with E-state index in [1.807, 2.05) is 18.2 Å². The molecule has 0 unspecified atom stereocenters. The van der Waals surface area contributed by atoms with Crippen molar-refractivity contribution < 1.29 is 0 Å². The summed E-state index contributed by atoms with van der Waals surface area (Å²) < 4.78 is 1.55. The molecular weight excluding hydrogens is 345 g/mol. The average Bonchev–Trinajstić information content (AvgIpc) is 2.57. The van der Waals surface area contributed by atoms with Gasteiger partial charge in [-0.05, 0) is 30.7 Å². The number of fused-ring (bicyclic) bond motifs is 1. The van der Waals surface area contributed by atoms with Gasteiger partial charge in [-0.3, -0.25) is 9.36 Å². The normalized spacial score (nSPS) is 11.1. The molecule has 0 aliphatic heterocycles. The van der Waals surface area contributed by atoms with Crippen LogP contribution in [0.3, 0.4) is 0 Å². The van der Waals surface area contributed by atoms with Crippen LogP contribution in [0.5, 0.6) is 0 Å². The van der Waals surface area contributed by atoms with Crippen LogP contribution >= 0.6 is 23.2 Å². The molecule has 6 heteroatoms. The Kier molecular flexibility index (Phi) is 4.78. The summed E-state index contributed by atoms with van der Waals surface area (Å²) in [5.41, 5.74) is 7.20. The van der Waals surface area contributed by atoms with Crippen molar-refractivity contribution in [1.82, 2.24) is 9.55 Å². The number of hydrogen-bond acceptors (Lipinski definition) is 3. The minimum atomic E-state index is -0.158. The number of anilines is 1. The fourth-order valence-corrected chi connectivity index (χ4v) is 3.07. The summed E-state index contributed by atoms with van der Waals surface area (Å²) in [6.45, 7) is 2.09. The molecule has 0 amide bonds. The standard InChI is InChI=1S/C18H17Cl2N3O/c1-2-3-8-17-22-15-7-5-4-6-11(15)18(24)23(17)16-10-12(19)14(21)9-13(16)20/h4-7,9-10H,2-3,8,21H2,1H3. The first-order valence-corrected chi connectivity index (χ1v) is 8.54. The number of para-hydroxylation sites is 1. The van der Waals surface area contributed by atoms with E-state index in [9.17, 15) is 4.79 Å². The average molecular weight is 362 g/mol. The smallest absolute Gasteiger partial charge is 0.266 e. The quantitative estimate of drug-likeness (QED) is 0.689. The van der Waals surface area contributed by atoms with Gasteiger partial charge in [0.2, 0.25) is 0 Å². The Morgan fingerprint density at radius 2 is 1.92 bits per heavy atom. The van der Waals surface area contributed by atoms with Crippen LogP contribution in [0.25, 0.3) is 16.6 Å². The first-order valence-electron chi connectivity index (χ1n) is 7.78. The molecule has 0 aliphatic rings. The Morgan fingerprint density at radius 1 is 1.17 bits per heavy atom. The van der Waals surface area contributed by atoms with Crippen LogP contribution in [0.1, 0.15) is 25.6 Å². The van der Waals surface area contributed by atoms with Gasteiger partial charge in [0.15, 0.2) is 0 Å².